The summed E-state index contributed by atoms with van der Waals surface area (Å²) in [5, 5.41) is -0.133. The smallest absolute Gasteiger partial charge is 0.250 e. The van der Waals surface area contributed by atoms with Crippen molar-refractivity contribution in [1.29, 1.82) is 0 Å². The lowest BCUT2D eigenvalue weighted by Gasteiger charge is -2.49. The van der Waals surface area contributed by atoms with Crippen LogP contribution in [0.5, 0.6) is 5.75 Å². The van der Waals surface area contributed by atoms with E-state index in [-0.39, 0.29) is 74.8 Å². The molecule has 3 saturated heterocycles. The number of hydrogen-bond donors (Lipinski definition) is 0. The van der Waals surface area contributed by atoms with Crippen molar-refractivity contribution in [3.63, 3.8) is 0 Å². The Morgan fingerprint density at radius 1 is 0.680 bits per heavy atom. The van der Waals surface area contributed by atoms with E-state index in [4.69, 9.17) is 23.1 Å². The van der Waals surface area contributed by atoms with E-state index in [2.05, 4.69) is 116 Å². The van der Waals surface area contributed by atoms with E-state index in [1.807, 2.05) is 72.8 Å². The molecule has 0 bridgehead atoms. The molecule has 0 radical (unpaired) electrons. The molecule has 4 unspecified atom stereocenters. The molecule has 0 saturated carbocycles. The van der Waals surface area contributed by atoms with Crippen LogP contribution < -0.4 is 9.33 Å². The standard InChI is InChI=1S/C62H90FNO8SSi2/c1-18-52-40(4)39(3)43(7)60(69-52)70-58-42(6)41(5)55(68-53(58)19-2)38-73(66,67)56-37-46(45-24-23-27-49(36-45)71-74(14,15)61(8,9)10)30-33-50(56)57-51(59(65)64(57)48-25-21-20-22-26-48)34-35-54(44-28-31-47(63)32-29-44)72-75(16,17)62(11,12)13/h20-33,36-37,39-43,51-55,57-58,60H,18-19,34-35,38H2,1-17H3/t39-,40+,41?,42+,43?,51+,52?,53?,54+,55-,57+,58+,60-/m0/s1. The van der Waals surface area contributed by atoms with Crippen LogP contribution in [0.15, 0.2) is 102 Å². The van der Waals surface area contributed by atoms with E-state index in [1.54, 1.807) is 17.0 Å². The number of amides is 1. The number of β-lactam (4-membered cyclic amide) rings is 1. The van der Waals surface area contributed by atoms with Crippen molar-refractivity contribution in [1.82, 2.24) is 0 Å². The lowest BCUT2D eigenvalue weighted by Crippen LogP contribution is -2.56. The number of carbonyl (C=O) groups is 1. The number of ether oxygens (including phenoxy) is 3. The zero-order valence-electron chi connectivity index (χ0n) is 48.3. The molecule has 412 valence electrons. The van der Waals surface area contributed by atoms with Crippen molar-refractivity contribution in [2.24, 2.45) is 35.5 Å². The van der Waals surface area contributed by atoms with Gasteiger partial charge in [-0.25, -0.2) is 12.8 Å². The Bertz CT molecular complexity index is 2680. The number of sulfone groups is 1. The van der Waals surface area contributed by atoms with Gasteiger partial charge in [0, 0.05) is 11.6 Å². The molecule has 4 aromatic rings. The summed E-state index contributed by atoms with van der Waals surface area (Å²) in [7, 11) is -8.72. The summed E-state index contributed by atoms with van der Waals surface area (Å²) in [6.45, 7) is 37.3. The molecule has 0 aromatic heterocycles. The molecule has 0 spiro atoms. The van der Waals surface area contributed by atoms with Crippen molar-refractivity contribution in [2.45, 2.75) is 200 Å². The monoisotopic (exact) mass is 1080 g/mol. The Hall–Kier alpha value is -3.70. The third kappa shape index (κ3) is 12.6. The van der Waals surface area contributed by atoms with E-state index >= 15 is 8.42 Å². The number of nitrogens with zero attached hydrogens (tertiary/aromatic N) is 1. The summed E-state index contributed by atoms with van der Waals surface area (Å²) in [5.41, 5.74) is 3.66. The topological polar surface area (TPSA) is 101 Å². The maximum Gasteiger partial charge on any atom is 0.250 e. The third-order valence-corrected chi connectivity index (χ3v) is 29.2. The Morgan fingerprint density at radius 2 is 1.29 bits per heavy atom. The summed E-state index contributed by atoms with van der Waals surface area (Å²) in [4.78, 5) is 16.8. The fraction of sp³-hybridized carbons (Fsp3) is 0.597. The van der Waals surface area contributed by atoms with Crippen LogP contribution in [-0.2, 0) is 33.3 Å². The molecule has 1 amide bonds. The van der Waals surface area contributed by atoms with Crippen LogP contribution in [0.3, 0.4) is 0 Å². The fourth-order valence-electron chi connectivity index (χ4n) is 11.0. The average Bonchev–Trinajstić information content (AvgIpc) is 3.34. The third-order valence-electron chi connectivity index (χ3n) is 18.6. The highest BCUT2D eigenvalue weighted by Gasteiger charge is 2.52. The summed E-state index contributed by atoms with van der Waals surface area (Å²) in [6, 6.07) is 29.1. The molecular formula is C62H90FNO8SSi2. The predicted octanol–water partition coefficient (Wildman–Crippen LogP) is 15.8. The van der Waals surface area contributed by atoms with Gasteiger partial charge in [-0.15, -0.1) is 0 Å². The van der Waals surface area contributed by atoms with Crippen LogP contribution in [0.1, 0.15) is 139 Å². The quantitative estimate of drug-likeness (QED) is 0.0717. The van der Waals surface area contributed by atoms with E-state index in [0.717, 1.165) is 28.9 Å². The second-order valence-electron chi connectivity index (χ2n) is 25.5. The highest BCUT2D eigenvalue weighted by atomic mass is 32.2. The molecule has 3 heterocycles. The molecular weight excluding hydrogens is 994 g/mol. The molecule has 3 aliphatic rings. The van der Waals surface area contributed by atoms with E-state index in [1.165, 1.54) is 12.1 Å². The van der Waals surface area contributed by atoms with Crippen LogP contribution in [0.2, 0.25) is 36.3 Å². The lowest BCUT2D eigenvalue weighted by atomic mass is 9.77. The number of para-hydroxylation sites is 1. The maximum absolute atomic E-state index is 15.8. The Morgan fingerprint density at radius 3 is 1.91 bits per heavy atom. The van der Waals surface area contributed by atoms with Gasteiger partial charge in [0.15, 0.2) is 24.4 Å². The molecule has 9 nitrogen and oxygen atoms in total. The Balaban J connectivity index is 1.29. The molecule has 13 atom stereocenters. The number of hydrogen-bond acceptors (Lipinski definition) is 8. The van der Waals surface area contributed by atoms with Crippen molar-refractivity contribution in [3.05, 3.63) is 114 Å². The molecule has 3 fully saturated rings. The first kappa shape index (κ1) is 59.0. The average molecular weight is 1080 g/mol. The van der Waals surface area contributed by atoms with Gasteiger partial charge in [-0.3, -0.25) is 4.79 Å². The minimum Gasteiger partial charge on any atom is -0.543 e. The van der Waals surface area contributed by atoms with E-state index in [0.29, 0.717) is 42.3 Å². The first-order valence-corrected chi connectivity index (χ1v) is 35.4. The minimum atomic E-state index is -4.14. The van der Waals surface area contributed by atoms with Gasteiger partial charge in [-0.1, -0.05) is 145 Å². The zero-order chi connectivity index (χ0) is 55.2. The zero-order valence-corrected chi connectivity index (χ0v) is 51.1. The van der Waals surface area contributed by atoms with Crippen molar-refractivity contribution in [3.8, 4) is 16.9 Å². The Labute approximate surface area is 453 Å². The molecule has 4 aromatic carbocycles. The number of rotatable bonds is 18. The summed E-state index contributed by atoms with van der Waals surface area (Å²) in [5.74, 6) is 0.298. The highest BCUT2D eigenvalue weighted by Crippen LogP contribution is 2.51. The van der Waals surface area contributed by atoms with Gasteiger partial charge >= 0.3 is 0 Å². The van der Waals surface area contributed by atoms with Crippen LogP contribution in [0, 0.1) is 41.3 Å². The van der Waals surface area contributed by atoms with Gasteiger partial charge in [0.1, 0.15) is 11.6 Å². The van der Waals surface area contributed by atoms with E-state index < -0.39 is 50.6 Å². The van der Waals surface area contributed by atoms with Gasteiger partial charge in [0.25, 0.3) is 0 Å². The van der Waals surface area contributed by atoms with E-state index in [9.17, 15) is 9.18 Å². The molecule has 0 N–H and O–H groups in total. The molecule has 0 aliphatic carbocycles. The molecule has 7 rings (SSSR count). The van der Waals surface area contributed by atoms with Crippen LogP contribution in [0.25, 0.3) is 11.1 Å². The number of benzene rings is 4. The van der Waals surface area contributed by atoms with Gasteiger partial charge in [-0.2, -0.15) is 0 Å². The molecule has 3 aliphatic heterocycles. The number of anilines is 1. The summed E-state index contributed by atoms with van der Waals surface area (Å²) < 4.78 is 80.4. The largest absolute Gasteiger partial charge is 0.543 e. The summed E-state index contributed by atoms with van der Waals surface area (Å²) >= 11 is 0. The normalized spacial score (nSPS) is 28.5. The van der Waals surface area contributed by atoms with Crippen LogP contribution >= 0.6 is 0 Å². The van der Waals surface area contributed by atoms with Gasteiger partial charge < -0.3 is 28.0 Å². The first-order chi connectivity index (χ1) is 35.0. The van der Waals surface area contributed by atoms with Gasteiger partial charge in [0.05, 0.1) is 53.1 Å². The predicted molar refractivity (Wildman–Crippen MR) is 307 cm³/mol. The fourth-order valence-corrected chi connectivity index (χ4v) is 15.2. The SMILES string of the molecule is CCC1O[C@@H](O[C@H]2C(CC)O[C@@H](CS(=O)(=O)c3cc(-c4cccc(O[Si](C)(C)C(C)(C)C)c4)ccc3[C@@H]3[C@@H](CC[C@@H](O[Si](C)(C)C(C)(C)C)c4ccc(F)cc4)C(=O)N3c3ccccc3)C(C)[C@H]2C)C(C)[C@@H](C)[C@H]1C. The molecule has 13 heteroatoms. The summed E-state index contributed by atoms with van der Waals surface area (Å²) in [6.07, 6.45) is 0.490. The maximum atomic E-state index is 15.8. The van der Waals surface area contributed by atoms with Crippen molar-refractivity contribution < 1.29 is 40.7 Å². The second-order valence-corrected chi connectivity index (χ2v) is 37.0. The van der Waals surface area contributed by atoms with Crippen molar-refractivity contribution in [2.75, 3.05) is 10.7 Å². The minimum absolute atomic E-state index is 0.0284. The number of halogens is 1. The second kappa shape index (κ2) is 22.9. The van der Waals surface area contributed by atoms with Gasteiger partial charge in [-0.05, 0) is 150 Å². The highest BCUT2D eigenvalue weighted by molar-refractivity contribution is 7.91. The molecule has 75 heavy (non-hydrogen) atoms. The first-order valence-electron chi connectivity index (χ1n) is 27.9. The van der Waals surface area contributed by atoms with Crippen LogP contribution in [0.4, 0.5) is 10.1 Å². The lowest BCUT2D eigenvalue weighted by molar-refractivity contribution is -0.299. The van der Waals surface area contributed by atoms with Crippen molar-refractivity contribution >= 4 is 38.1 Å². The van der Waals surface area contributed by atoms with Gasteiger partial charge in [0.2, 0.25) is 14.2 Å². The van der Waals surface area contributed by atoms with Crippen LogP contribution in [-0.4, -0.2) is 67.4 Å². The number of carbonyl (C=O) groups excluding carboxylic acids is 1. The Kier molecular flexibility index (Phi) is 18.0.